The van der Waals surface area contributed by atoms with Crippen molar-refractivity contribution in [3.05, 3.63) is 35.9 Å². The van der Waals surface area contributed by atoms with E-state index in [-0.39, 0.29) is 6.16 Å². The Labute approximate surface area is 114 Å². The van der Waals surface area contributed by atoms with Crippen molar-refractivity contribution in [3.8, 4) is 0 Å². The summed E-state index contributed by atoms with van der Waals surface area (Å²) >= 11 is 0. The van der Waals surface area contributed by atoms with Crippen LogP contribution in [-0.2, 0) is 11.0 Å². The molecular formula is C13H22NO4P. The summed E-state index contributed by atoms with van der Waals surface area (Å²) in [4.78, 5) is 17.4. The summed E-state index contributed by atoms with van der Waals surface area (Å²) in [7, 11) is -3.93. The lowest BCUT2D eigenvalue weighted by atomic mass is 10.1. The number of unbranched alkanes of at least 4 members (excludes halogenated alkanes) is 1. The molecule has 0 aliphatic heterocycles. The van der Waals surface area contributed by atoms with Crippen LogP contribution in [0, 0.1) is 0 Å². The molecule has 0 aliphatic rings. The molecule has 6 heteroatoms. The fourth-order valence-corrected chi connectivity index (χ4v) is 2.39. The van der Waals surface area contributed by atoms with Crippen LogP contribution < -0.4 is 0 Å². The van der Waals surface area contributed by atoms with E-state index in [1.54, 1.807) is 0 Å². The zero-order valence-corrected chi connectivity index (χ0v) is 11.9. The molecule has 0 radical (unpaired) electrons. The first-order valence-corrected chi connectivity index (χ1v) is 8.29. The highest BCUT2D eigenvalue weighted by Gasteiger charge is 2.12. The number of hydroxylamine groups is 2. The Balaban J connectivity index is 2.04. The van der Waals surface area contributed by atoms with Gasteiger partial charge in [-0.15, -0.1) is 0 Å². The van der Waals surface area contributed by atoms with E-state index in [1.165, 1.54) is 5.56 Å². The molecule has 0 amide bonds. The quantitative estimate of drug-likeness (QED) is 0.369. The fraction of sp³-hybridized carbons (Fsp3) is 0.538. The smallest absolute Gasteiger partial charge is 0.324 e. The minimum Gasteiger partial charge on any atom is -0.324 e. The predicted molar refractivity (Wildman–Crippen MR) is 74.3 cm³/mol. The third-order valence-corrected chi connectivity index (χ3v) is 3.74. The van der Waals surface area contributed by atoms with Gasteiger partial charge in [-0.1, -0.05) is 30.3 Å². The molecule has 1 aromatic carbocycles. The minimum absolute atomic E-state index is 0.173. The molecule has 19 heavy (non-hydrogen) atoms. The van der Waals surface area contributed by atoms with Crippen LogP contribution in [0.1, 0.15) is 24.8 Å². The van der Waals surface area contributed by atoms with Gasteiger partial charge in [0, 0.05) is 13.1 Å². The molecule has 0 heterocycles. The van der Waals surface area contributed by atoms with E-state index in [2.05, 4.69) is 12.1 Å². The maximum Gasteiger partial charge on any atom is 0.325 e. The fourth-order valence-electron chi connectivity index (χ4n) is 1.84. The van der Waals surface area contributed by atoms with Crippen molar-refractivity contribution in [1.82, 2.24) is 5.06 Å². The first kappa shape index (κ1) is 16.3. The molecule has 0 atom stereocenters. The van der Waals surface area contributed by atoms with Gasteiger partial charge in [0.2, 0.25) is 0 Å². The molecule has 0 spiro atoms. The zero-order valence-electron chi connectivity index (χ0n) is 11.0. The second-order valence-electron chi connectivity index (χ2n) is 4.64. The molecule has 0 unspecified atom stereocenters. The molecule has 0 aliphatic carbocycles. The van der Waals surface area contributed by atoms with Gasteiger partial charge in [-0.3, -0.25) is 4.57 Å². The summed E-state index contributed by atoms with van der Waals surface area (Å²) < 4.78 is 10.6. The maximum absolute atomic E-state index is 10.6. The van der Waals surface area contributed by atoms with Gasteiger partial charge in [-0.25, -0.2) is 0 Å². The number of hydrogen-bond donors (Lipinski definition) is 3. The van der Waals surface area contributed by atoms with E-state index in [9.17, 15) is 9.77 Å². The third-order valence-electron chi connectivity index (χ3n) is 2.84. The minimum atomic E-state index is -3.93. The molecule has 1 aromatic rings. The predicted octanol–water partition coefficient (Wildman–Crippen LogP) is 2.27. The van der Waals surface area contributed by atoms with E-state index >= 15 is 0 Å². The molecule has 0 fully saturated rings. The highest BCUT2D eigenvalue weighted by Crippen LogP contribution is 2.34. The van der Waals surface area contributed by atoms with Gasteiger partial charge in [0.25, 0.3) is 0 Å². The van der Waals surface area contributed by atoms with Gasteiger partial charge in [-0.05, 0) is 31.2 Å². The van der Waals surface area contributed by atoms with Crippen LogP contribution in [-0.4, -0.2) is 39.3 Å². The van der Waals surface area contributed by atoms with Crippen LogP contribution >= 0.6 is 7.60 Å². The summed E-state index contributed by atoms with van der Waals surface area (Å²) in [6.07, 6.45) is 2.96. The van der Waals surface area contributed by atoms with Gasteiger partial charge >= 0.3 is 7.60 Å². The number of benzene rings is 1. The van der Waals surface area contributed by atoms with Gasteiger partial charge < -0.3 is 15.0 Å². The largest absolute Gasteiger partial charge is 0.325 e. The normalized spacial score (nSPS) is 12.0. The lowest BCUT2D eigenvalue weighted by Gasteiger charge is -2.14. The first-order chi connectivity index (χ1) is 8.97. The highest BCUT2D eigenvalue weighted by molar-refractivity contribution is 7.51. The number of hydrogen-bond acceptors (Lipinski definition) is 3. The Bertz CT molecular complexity index is 393. The summed E-state index contributed by atoms with van der Waals surface area (Å²) in [5, 5.41) is 10.7. The van der Waals surface area contributed by atoms with E-state index < -0.39 is 7.60 Å². The summed E-state index contributed by atoms with van der Waals surface area (Å²) in [6.45, 7) is 0.838. The van der Waals surface area contributed by atoms with Gasteiger partial charge in [0.1, 0.15) is 0 Å². The Hall–Kier alpha value is -0.710. The molecule has 0 saturated heterocycles. The summed E-state index contributed by atoms with van der Waals surface area (Å²) in [5.41, 5.74) is 1.29. The van der Waals surface area contributed by atoms with E-state index in [4.69, 9.17) is 9.79 Å². The van der Waals surface area contributed by atoms with Gasteiger partial charge in [-0.2, -0.15) is 5.06 Å². The van der Waals surface area contributed by atoms with Crippen molar-refractivity contribution in [1.29, 1.82) is 0 Å². The van der Waals surface area contributed by atoms with Crippen molar-refractivity contribution in [2.75, 3.05) is 19.3 Å². The molecule has 3 N–H and O–H groups in total. The van der Waals surface area contributed by atoms with E-state index in [0.29, 0.717) is 19.5 Å². The van der Waals surface area contributed by atoms with Gasteiger partial charge in [0.15, 0.2) is 0 Å². The molecule has 5 nitrogen and oxygen atoms in total. The standard InChI is InChI=1S/C13H22NO4P/c15-14(11-6-12-19(16,17)18)10-5-4-9-13-7-2-1-3-8-13/h1-3,7-8,15H,4-6,9-12H2,(H2,16,17,18). The zero-order chi connectivity index (χ0) is 14.1. The SMILES string of the molecule is O=P(O)(O)CCCN(O)CCCCc1ccccc1. The summed E-state index contributed by atoms with van der Waals surface area (Å²) in [6, 6.07) is 10.2. The molecule has 0 saturated carbocycles. The second kappa shape index (κ2) is 8.46. The van der Waals surface area contributed by atoms with E-state index in [1.807, 2.05) is 18.2 Å². The van der Waals surface area contributed by atoms with Crippen LogP contribution in [0.15, 0.2) is 30.3 Å². The average Bonchev–Trinajstić information content (AvgIpc) is 2.34. The molecule has 1 rings (SSSR count). The van der Waals surface area contributed by atoms with Crippen LogP contribution in [0.25, 0.3) is 0 Å². The molecular weight excluding hydrogens is 265 g/mol. The van der Waals surface area contributed by atoms with Crippen molar-refractivity contribution in [2.45, 2.75) is 25.7 Å². The van der Waals surface area contributed by atoms with Crippen LogP contribution in [0.2, 0.25) is 0 Å². The average molecular weight is 287 g/mol. The number of aryl methyl sites for hydroxylation is 1. The molecule has 0 bridgehead atoms. The van der Waals surface area contributed by atoms with Crippen LogP contribution in [0.5, 0.6) is 0 Å². The molecule has 0 aromatic heterocycles. The Morgan fingerprint density at radius 3 is 2.26 bits per heavy atom. The van der Waals surface area contributed by atoms with Crippen molar-refractivity contribution in [2.24, 2.45) is 0 Å². The Morgan fingerprint density at radius 2 is 1.63 bits per heavy atom. The topological polar surface area (TPSA) is 81.0 Å². The van der Waals surface area contributed by atoms with Crippen molar-refractivity contribution < 1.29 is 19.6 Å². The lowest BCUT2D eigenvalue weighted by molar-refractivity contribution is -0.0911. The maximum atomic E-state index is 10.6. The van der Waals surface area contributed by atoms with Crippen LogP contribution in [0.3, 0.4) is 0 Å². The van der Waals surface area contributed by atoms with E-state index in [0.717, 1.165) is 24.3 Å². The number of nitrogens with zero attached hydrogens (tertiary/aromatic N) is 1. The number of rotatable bonds is 9. The van der Waals surface area contributed by atoms with Crippen molar-refractivity contribution in [3.63, 3.8) is 0 Å². The second-order valence-corrected chi connectivity index (χ2v) is 6.41. The lowest BCUT2D eigenvalue weighted by Crippen LogP contribution is -2.22. The Morgan fingerprint density at radius 1 is 1.00 bits per heavy atom. The van der Waals surface area contributed by atoms with Crippen molar-refractivity contribution >= 4 is 7.60 Å². The molecule has 108 valence electrons. The first-order valence-electron chi connectivity index (χ1n) is 6.50. The van der Waals surface area contributed by atoms with Gasteiger partial charge in [0.05, 0.1) is 6.16 Å². The monoisotopic (exact) mass is 287 g/mol. The Kier molecular flexibility index (Phi) is 7.28. The summed E-state index contributed by atoms with van der Waals surface area (Å²) in [5.74, 6) is 0. The highest BCUT2D eigenvalue weighted by atomic mass is 31.2. The van der Waals surface area contributed by atoms with Crippen LogP contribution in [0.4, 0.5) is 0 Å². The third kappa shape index (κ3) is 8.92.